The number of anilines is 2. The Morgan fingerprint density at radius 3 is 2.21 bits per heavy atom. The summed E-state index contributed by atoms with van der Waals surface area (Å²) in [5, 5.41) is 8.64. The molecular formula is C26H36N4O3. The van der Waals surface area contributed by atoms with Gasteiger partial charge in [-0.15, -0.1) is 0 Å². The predicted octanol–water partition coefficient (Wildman–Crippen LogP) is 3.64. The predicted molar refractivity (Wildman–Crippen MR) is 132 cm³/mol. The molecule has 1 fully saturated rings. The van der Waals surface area contributed by atoms with Crippen molar-refractivity contribution in [3.8, 4) is 0 Å². The van der Waals surface area contributed by atoms with Crippen LogP contribution in [-0.2, 0) is 9.59 Å². The lowest BCUT2D eigenvalue weighted by Crippen LogP contribution is -2.50. The number of carbonyl (C=O) groups is 2. The average Bonchev–Trinajstić information content (AvgIpc) is 2.86. The van der Waals surface area contributed by atoms with Gasteiger partial charge in [0.05, 0.1) is 5.92 Å². The molecule has 0 bridgehead atoms. The lowest BCUT2D eigenvalue weighted by atomic mass is 9.91. The Hall–Kier alpha value is -3.06. The third-order valence-electron chi connectivity index (χ3n) is 6.34. The van der Waals surface area contributed by atoms with Crippen molar-refractivity contribution in [1.29, 1.82) is 0 Å². The highest BCUT2D eigenvalue weighted by atomic mass is 16.5. The van der Waals surface area contributed by atoms with Crippen molar-refractivity contribution in [3.05, 3.63) is 60.2 Å². The molecule has 1 aliphatic rings. The number of nitrogens with zero attached hydrogens (tertiary/aromatic N) is 3. The highest BCUT2D eigenvalue weighted by molar-refractivity contribution is 5.84. The molecule has 1 saturated heterocycles. The maximum absolute atomic E-state index is 13.6. The van der Waals surface area contributed by atoms with E-state index in [1.165, 1.54) is 5.69 Å². The van der Waals surface area contributed by atoms with Gasteiger partial charge in [0.25, 0.3) is 0 Å². The van der Waals surface area contributed by atoms with Crippen LogP contribution in [0.15, 0.2) is 54.6 Å². The number of amides is 2. The number of hydrogen-bond donors (Lipinski definition) is 2. The summed E-state index contributed by atoms with van der Waals surface area (Å²) in [4.78, 5) is 31.2. The van der Waals surface area contributed by atoms with Gasteiger partial charge in [-0.05, 0) is 42.7 Å². The van der Waals surface area contributed by atoms with E-state index in [2.05, 4.69) is 46.2 Å². The lowest BCUT2D eigenvalue weighted by molar-refractivity contribution is -0.133. The standard InChI is InChI=1S/C26H36N4O3/c1-28(2)22-15-13-21(14-16-22)24(11-7-4-8-12-25(31)27-33)26(32)30-19-17-29(18-20-30)23-9-5-3-6-10-23/h3,5-6,9-10,13-16,24,33H,4,7-8,11-12,17-20H2,1-2H3,(H,27,31)/t24-/m0/s1. The molecule has 0 spiro atoms. The van der Waals surface area contributed by atoms with Crippen molar-refractivity contribution in [1.82, 2.24) is 10.4 Å². The van der Waals surface area contributed by atoms with E-state index in [1.807, 2.05) is 37.2 Å². The molecule has 178 valence electrons. The van der Waals surface area contributed by atoms with Gasteiger partial charge in [-0.2, -0.15) is 0 Å². The summed E-state index contributed by atoms with van der Waals surface area (Å²) >= 11 is 0. The van der Waals surface area contributed by atoms with Crippen LogP contribution in [0.25, 0.3) is 0 Å². The Kier molecular flexibility index (Phi) is 9.13. The third kappa shape index (κ3) is 6.96. The summed E-state index contributed by atoms with van der Waals surface area (Å²) in [6.45, 7) is 3.10. The Labute approximate surface area is 196 Å². The molecule has 7 nitrogen and oxygen atoms in total. The molecule has 3 rings (SSSR count). The number of rotatable bonds is 10. The molecule has 2 N–H and O–H groups in total. The highest BCUT2D eigenvalue weighted by Crippen LogP contribution is 2.28. The second-order valence-corrected chi connectivity index (χ2v) is 8.82. The molecule has 2 aromatic rings. The van der Waals surface area contributed by atoms with E-state index < -0.39 is 0 Å². The molecule has 2 aromatic carbocycles. The minimum Gasteiger partial charge on any atom is -0.378 e. The van der Waals surface area contributed by atoms with Crippen LogP contribution >= 0.6 is 0 Å². The van der Waals surface area contributed by atoms with Gasteiger partial charge in [0.15, 0.2) is 0 Å². The molecule has 0 radical (unpaired) electrons. The first-order valence-corrected chi connectivity index (χ1v) is 11.8. The van der Waals surface area contributed by atoms with E-state index in [0.717, 1.165) is 56.7 Å². The van der Waals surface area contributed by atoms with Gasteiger partial charge in [0.2, 0.25) is 11.8 Å². The number of para-hydroxylation sites is 1. The molecule has 1 heterocycles. The van der Waals surface area contributed by atoms with Crippen LogP contribution in [0.5, 0.6) is 0 Å². The van der Waals surface area contributed by atoms with Gasteiger partial charge in [0, 0.05) is 58.1 Å². The molecule has 2 amide bonds. The number of piperazine rings is 1. The monoisotopic (exact) mass is 452 g/mol. The smallest absolute Gasteiger partial charge is 0.243 e. The summed E-state index contributed by atoms with van der Waals surface area (Å²) in [5.41, 5.74) is 5.03. The average molecular weight is 453 g/mol. The SMILES string of the molecule is CN(C)c1ccc([C@H](CCCCCC(=O)NO)C(=O)N2CCN(c3ccccc3)CC2)cc1. The molecular weight excluding hydrogens is 416 g/mol. The maximum Gasteiger partial charge on any atom is 0.243 e. The fraction of sp³-hybridized carbons (Fsp3) is 0.462. The normalized spacial score (nSPS) is 14.6. The fourth-order valence-electron chi connectivity index (χ4n) is 4.35. The van der Waals surface area contributed by atoms with Gasteiger partial charge in [-0.1, -0.05) is 43.2 Å². The van der Waals surface area contributed by atoms with Crippen LogP contribution in [0, 0.1) is 0 Å². The molecule has 0 aromatic heterocycles. The quantitative estimate of drug-likeness (QED) is 0.327. The summed E-state index contributed by atoms with van der Waals surface area (Å²) in [7, 11) is 4.01. The molecule has 0 unspecified atom stereocenters. The van der Waals surface area contributed by atoms with Crippen LogP contribution in [0.2, 0.25) is 0 Å². The zero-order valence-corrected chi connectivity index (χ0v) is 19.7. The van der Waals surface area contributed by atoms with Crippen LogP contribution in [0.4, 0.5) is 11.4 Å². The summed E-state index contributed by atoms with van der Waals surface area (Å²) < 4.78 is 0. The van der Waals surface area contributed by atoms with Gasteiger partial charge >= 0.3 is 0 Å². The number of hydroxylamine groups is 1. The molecule has 1 aliphatic heterocycles. The summed E-state index contributed by atoms with van der Waals surface area (Å²) in [6.07, 6.45) is 3.44. The van der Waals surface area contributed by atoms with E-state index in [4.69, 9.17) is 5.21 Å². The van der Waals surface area contributed by atoms with E-state index in [9.17, 15) is 9.59 Å². The zero-order chi connectivity index (χ0) is 23.6. The molecule has 0 saturated carbocycles. The molecule has 7 heteroatoms. The Morgan fingerprint density at radius 1 is 0.939 bits per heavy atom. The third-order valence-corrected chi connectivity index (χ3v) is 6.34. The number of benzene rings is 2. The molecule has 1 atom stereocenters. The highest BCUT2D eigenvalue weighted by Gasteiger charge is 2.28. The van der Waals surface area contributed by atoms with Crippen LogP contribution in [0.3, 0.4) is 0 Å². The second kappa shape index (κ2) is 12.3. The minimum atomic E-state index is -0.363. The van der Waals surface area contributed by atoms with Crippen LogP contribution in [-0.4, -0.2) is 62.2 Å². The van der Waals surface area contributed by atoms with Crippen molar-refractivity contribution in [2.75, 3.05) is 50.1 Å². The van der Waals surface area contributed by atoms with E-state index in [1.54, 1.807) is 5.48 Å². The number of unbranched alkanes of at least 4 members (excludes halogenated alkanes) is 2. The van der Waals surface area contributed by atoms with E-state index in [0.29, 0.717) is 12.8 Å². The second-order valence-electron chi connectivity index (χ2n) is 8.82. The van der Waals surface area contributed by atoms with Gasteiger partial charge < -0.3 is 14.7 Å². The summed E-state index contributed by atoms with van der Waals surface area (Å²) in [6, 6.07) is 18.6. The first-order valence-electron chi connectivity index (χ1n) is 11.8. The Morgan fingerprint density at radius 2 is 1.61 bits per heavy atom. The molecule has 0 aliphatic carbocycles. The number of carbonyl (C=O) groups excluding carboxylic acids is 2. The summed E-state index contributed by atoms with van der Waals surface area (Å²) in [5.74, 6) is -0.359. The van der Waals surface area contributed by atoms with Gasteiger partial charge in [0.1, 0.15) is 0 Å². The lowest BCUT2D eigenvalue weighted by Gasteiger charge is -2.37. The first kappa shape index (κ1) is 24.6. The number of hydrogen-bond acceptors (Lipinski definition) is 5. The van der Waals surface area contributed by atoms with Gasteiger partial charge in [-0.25, -0.2) is 5.48 Å². The zero-order valence-electron chi connectivity index (χ0n) is 19.7. The topological polar surface area (TPSA) is 76.1 Å². The van der Waals surface area contributed by atoms with E-state index >= 15 is 0 Å². The largest absolute Gasteiger partial charge is 0.378 e. The number of nitrogens with one attached hydrogen (secondary N) is 1. The van der Waals surface area contributed by atoms with Crippen molar-refractivity contribution >= 4 is 23.2 Å². The van der Waals surface area contributed by atoms with Crippen molar-refractivity contribution in [2.45, 2.75) is 38.0 Å². The Balaban J connectivity index is 1.63. The van der Waals surface area contributed by atoms with Crippen molar-refractivity contribution in [2.24, 2.45) is 0 Å². The van der Waals surface area contributed by atoms with Crippen molar-refractivity contribution in [3.63, 3.8) is 0 Å². The van der Waals surface area contributed by atoms with Crippen molar-refractivity contribution < 1.29 is 14.8 Å². The maximum atomic E-state index is 13.6. The minimum absolute atomic E-state index is 0.184. The van der Waals surface area contributed by atoms with Crippen LogP contribution in [0.1, 0.15) is 43.6 Å². The van der Waals surface area contributed by atoms with Crippen LogP contribution < -0.4 is 15.3 Å². The Bertz CT molecular complexity index is 878. The fourth-order valence-corrected chi connectivity index (χ4v) is 4.35. The van der Waals surface area contributed by atoms with Gasteiger partial charge in [-0.3, -0.25) is 14.8 Å². The van der Waals surface area contributed by atoms with E-state index in [-0.39, 0.29) is 17.7 Å². The first-order chi connectivity index (χ1) is 16.0. The molecule has 33 heavy (non-hydrogen) atoms.